The van der Waals surface area contributed by atoms with Crippen LogP contribution in [0.15, 0.2) is 54.6 Å². The number of nitrogens with two attached hydrogens (primary N) is 1. The van der Waals surface area contributed by atoms with E-state index in [1.165, 1.54) is 0 Å². The van der Waals surface area contributed by atoms with Gasteiger partial charge in [-0.15, -0.1) is 0 Å². The number of hydrogen-bond donors (Lipinski definition) is 3. The van der Waals surface area contributed by atoms with Gasteiger partial charge in [-0.05, 0) is 11.6 Å². The molecule has 2 aromatic carbocycles. The third kappa shape index (κ3) is 2.65. The molecule has 0 saturated heterocycles. The number of carbonyl (C=O) groups is 1. The SMILES string of the molecule is NC(CS)C(=O)C1(c2ccccc2)Oc2ccccc2CC1O. The highest BCUT2D eigenvalue weighted by molar-refractivity contribution is 7.80. The number of ether oxygens (including phenoxy) is 1. The number of rotatable bonds is 4. The van der Waals surface area contributed by atoms with Crippen LogP contribution in [-0.4, -0.2) is 28.8 Å². The molecule has 0 aromatic heterocycles. The molecule has 4 nitrogen and oxygen atoms in total. The minimum absolute atomic E-state index is 0.186. The van der Waals surface area contributed by atoms with Crippen LogP contribution < -0.4 is 10.5 Å². The Morgan fingerprint density at radius 3 is 2.61 bits per heavy atom. The highest BCUT2D eigenvalue weighted by atomic mass is 32.1. The van der Waals surface area contributed by atoms with Gasteiger partial charge < -0.3 is 15.6 Å². The Kier molecular flexibility index (Phi) is 4.43. The zero-order chi connectivity index (χ0) is 16.4. The molecule has 2 aromatic rings. The number of ketones is 1. The van der Waals surface area contributed by atoms with Crippen LogP contribution in [0.4, 0.5) is 0 Å². The second kappa shape index (κ2) is 6.35. The molecule has 3 atom stereocenters. The van der Waals surface area contributed by atoms with Crippen molar-refractivity contribution in [2.45, 2.75) is 24.2 Å². The number of para-hydroxylation sites is 1. The summed E-state index contributed by atoms with van der Waals surface area (Å²) < 4.78 is 6.09. The average Bonchev–Trinajstić information content (AvgIpc) is 2.60. The van der Waals surface area contributed by atoms with Gasteiger partial charge in [-0.1, -0.05) is 48.5 Å². The average molecular weight is 329 g/mol. The molecular weight excluding hydrogens is 310 g/mol. The molecule has 23 heavy (non-hydrogen) atoms. The lowest BCUT2D eigenvalue weighted by molar-refractivity contribution is -0.150. The van der Waals surface area contributed by atoms with Gasteiger partial charge >= 0.3 is 0 Å². The number of benzene rings is 2. The predicted molar refractivity (Wildman–Crippen MR) is 91.7 cm³/mol. The standard InChI is InChI=1S/C18H19NO3S/c19-14(11-23)17(21)18(13-7-2-1-3-8-13)16(20)10-12-6-4-5-9-15(12)22-18/h1-9,14,16,20,23H,10-11,19H2. The largest absolute Gasteiger partial charge is 0.472 e. The van der Waals surface area contributed by atoms with Gasteiger partial charge in [0.2, 0.25) is 11.4 Å². The van der Waals surface area contributed by atoms with Crippen molar-refractivity contribution in [3.63, 3.8) is 0 Å². The molecule has 0 aliphatic carbocycles. The van der Waals surface area contributed by atoms with E-state index in [9.17, 15) is 9.90 Å². The molecule has 5 heteroatoms. The summed E-state index contributed by atoms with van der Waals surface area (Å²) in [5.41, 5.74) is 5.91. The van der Waals surface area contributed by atoms with E-state index in [1.54, 1.807) is 18.2 Å². The second-order valence-corrected chi connectivity index (χ2v) is 6.05. The first-order valence-corrected chi connectivity index (χ1v) is 8.14. The summed E-state index contributed by atoms with van der Waals surface area (Å²) in [5, 5.41) is 10.8. The normalized spacial score (nSPS) is 24.4. The minimum atomic E-state index is -1.50. The van der Waals surface area contributed by atoms with Crippen LogP contribution in [-0.2, 0) is 16.8 Å². The van der Waals surface area contributed by atoms with Gasteiger partial charge in [0.25, 0.3) is 0 Å². The summed E-state index contributed by atoms with van der Waals surface area (Å²) in [6, 6.07) is 15.6. The molecule has 0 spiro atoms. The molecule has 3 N–H and O–H groups in total. The number of fused-ring (bicyclic) bond motifs is 1. The minimum Gasteiger partial charge on any atom is -0.472 e. The van der Waals surface area contributed by atoms with Gasteiger partial charge in [0, 0.05) is 17.7 Å². The van der Waals surface area contributed by atoms with Crippen molar-refractivity contribution in [1.29, 1.82) is 0 Å². The Hall–Kier alpha value is -1.82. The van der Waals surface area contributed by atoms with Crippen LogP contribution in [0.2, 0.25) is 0 Å². The predicted octanol–water partition coefficient (Wildman–Crippen LogP) is 1.70. The summed E-state index contributed by atoms with van der Waals surface area (Å²) in [5.74, 6) is 0.424. The Labute approximate surface area is 140 Å². The van der Waals surface area contributed by atoms with E-state index in [0.717, 1.165) is 5.56 Å². The fourth-order valence-corrected chi connectivity index (χ4v) is 3.18. The van der Waals surface area contributed by atoms with Crippen LogP contribution in [0.5, 0.6) is 5.75 Å². The summed E-state index contributed by atoms with van der Waals surface area (Å²) in [6.45, 7) is 0. The first kappa shape index (κ1) is 16.1. The summed E-state index contributed by atoms with van der Waals surface area (Å²) in [4.78, 5) is 13.0. The molecule has 3 unspecified atom stereocenters. The smallest absolute Gasteiger partial charge is 0.219 e. The number of Topliss-reactive ketones (excluding diaryl/α,β-unsaturated/α-hetero) is 1. The van der Waals surface area contributed by atoms with Crippen molar-refractivity contribution in [1.82, 2.24) is 0 Å². The van der Waals surface area contributed by atoms with Crippen molar-refractivity contribution in [3.05, 3.63) is 65.7 Å². The van der Waals surface area contributed by atoms with Crippen LogP contribution in [0, 0.1) is 0 Å². The van der Waals surface area contributed by atoms with E-state index in [2.05, 4.69) is 12.6 Å². The molecule has 120 valence electrons. The quantitative estimate of drug-likeness (QED) is 0.747. The van der Waals surface area contributed by atoms with E-state index in [-0.39, 0.29) is 11.5 Å². The molecule has 0 fully saturated rings. The Morgan fingerprint density at radius 2 is 1.91 bits per heavy atom. The molecule has 1 heterocycles. The third-order valence-corrected chi connectivity index (χ3v) is 4.62. The first-order chi connectivity index (χ1) is 11.1. The van der Waals surface area contributed by atoms with Gasteiger partial charge in [0.15, 0.2) is 0 Å². The van der Waals surface area contributed by atoms with Gasteiger partial charge in [0.05, 0.1) is 6.04 Å². The Balaban J connectivity index is 2.15. The topological polar surface area (TPSA) is 72.6 Å². The van der Waals surface area contributed by atoms with Crippen molar-refractivity contribution < 1.29 is 14.6 Å². The summed E-state index contributed by atoms with van der Waals surface area (Å²) in [6.07, 6.45) is -0.686. The lowest BCUT2D eigenvalue weighted by atomic mass is 9.77. The number of hydrogen-bond acceptors (Lipinski definition) is 5. The van der Waals surface area contributed by atoms with Gasteiger partial charge in [-0.3, -0.25) is 4.79 Å². The first-order valence-electron chi connectivity index (χ1n) is 7.51. The molecule has 1 aliphatic heterocycles. The van der Waals surface area contributed by atoms with Crippen LogP contribution >= 0.6 is 12.6 Å². The molecule has 3 rings (SSSR count). The lowest BCUT2D eigenvalue weighted by Crippen LogP contribution is -2.59. The van der Waals surface area contributed by atoms with E-state index in [4.69, 9.17) is 10.5 Å². The van der Waals surface area contributed by atoms with Gasteiger partial charge in [0.1, 0.15) is 11.9 Å². The zero-order valence-corrected chi connectivity index (χ0v) is 13.4. The molecule has 1 aliphatic rings. The van der Waals surface area contributed by atoms with Crippen molar-refractivity contribution in [2.24, 2.45) is 5.73 Å². The van der Waals surface area contributed by atoms with Crippen LogP contribution in [0.3, 0.4) is 0 Å². The molecule has 0 bridgehead atoms. The molecule has 0 amide bonds. The maximum Gasteiger partial charge on any atom is 0.219 e. The van der Waals surface area contributed by atoms with Crippen molar-refractivity contribution in [3.8, 4) is 5.75 Å². The van der Waals surface area contributed by atoms with Crippen molar-refractivity contribution >= 4 is 18.4 Å². The number of carbonyl (C=O) groups excluding carboxylic acids is 1. The number of thiol groups is 1. The molecular formula is C18H19NO3S. The third-order valence-electron chi connectivity index (χ3n) is 4.23. The zero-order valence-electron chi connectivity index (χ0n) is 12.6. The fourth-order valence-electron chi connectivity index (χ4n) is 3.02. The molecule has 0 radical (unpaired) electrons. The van der Waals surface area contributed by atoms with Crippen LogP contribution in [0.25, 0.3) is 0 Å². The van der Waals surface area contributed by atoms with Gasteiger partial charge in [-0.25, -0.2) is 0 Å². The Bertz CT molecular complexity index is 706. The second-order valence-electron chi connectivity index (χ2n) is 5.68. The van der Waals surface area contributed by atoms with Gasteiger partial charge in [-0.2, -0.15) is 12.6 Å². The van der Waals surface area contributed by atoms with Crippen molar-refractivity contribution in [2.75, 3.05) is 5.75 Å². The van der Waals surface area contributed by atoms with E-state index in [1.807, 2.05) is 36.4 Å². The maximum atomic E-state index is 13.0. The lowest BCUT2D eigenvalue weighted by Gasteiger charge is -2.42. The highest BCUT2D eigenvalue weighted by Crippen LogP contribution is 2.41. The highest BCUT2D eigenvalue weighted by Gasteiger charge is 2.53. The molecule has 0 saturated carbocycles. The summed E-state index contributed by atoms with van der Waals surface area (Å²) >= 11 is 4.13. The van der Waals surface area contributed by atoms with E-state index < -0.39 is 17.7 Å². The maximum absolute atomic E-state index is 13.0. The van der Waals surface area contributed by atoms with Crippen LogP contribution in [0.1, 0.15) is 11.1 Å². The summed E-state index contributed by atoms with van der Waals surface area (Å²) in [7, 11) is 0. The van der Waals surface area contributed by atoms with E-state index >= 15 is 0 Å². The van der Waals surface area contributed by atoms with E-state index in [0.29, 0.717) is 17.7 Å². The Morgan fingerprint density at radius 1 is 1.26 bits per heavy atom. The number of aliphatic hydroxyl groups is 1. The number of aliphatic hydroxyl groups excluding tert-OH is 1. The monoisotopic (exact) mass is 329 g/mol. The fraction of sp³-hybridized carbons (Fsp3) is 0.278.